The Morgan fingerprint density at radius 1 is 1.40 bits per heavy atom. The molecule has 0 unspecified atom stereocenters. The molecule has 1 fully saturated rings. The van der Waals surface area contributed by atoms with Gasteiger partial charge in [0.15, 0.2) is 5.43 Å². The first kappa shape index (κ1) is 14.3. The zero-order valence-electron chi connectivity index (χ0n) is 11.1. The van der Waals surface area contributed by atoms with Crippen LogP contribution in [0, 0.1) is 0 Å². The Kier molecular flexibility index (Phi) is 4.52. The number of hydrogen-bond acceptors (Lipinski definition) is 4. The zero-order valence-corrected chi connectivity index (χ0v) is 11.1. The molecule has 108 valence electrons. The molecule has 2 amide bonds. The molecule has 2 heterocycles. The van der Waals surface area contributed by atoms with Crippen LogP contribution in [0.4, 0.5) is 0 Å². The fourth-order valence-electron chi connectivity index (χ4n) is 2.31. The fraction of sp³-hybridized carbons (Fsp3) is 0.462. The first-order valence-electron chi connectivity index (χ1n) is 6.55. The maximum absolute atomic E-state index is 12.0. The first-order chi connectivity index (χ1) is 9.56. The van der Waals surface area contributed by atoms with Crippen molar-refractivity contribution in [2.45, 2.75) is 18.9 Å². The van der Waals surface area contributed by atoms with E-state index < -0.39 is 0 Å². The van der Waals surface area contributed by atoms with Crippen molar-refractivity contribution < 1.29 is 9.59 Å². The number of nitrogens with zero attached hydrogens (tertiary/aromatic N) is 1. The molecule has 2 rings (SSSR count). The number of aromatic amines is 1. The number of H-pyrrole nitrogens is 1. The van der Waals surface area contributed by atoms with Crippen molar-refractivity contribution in [2.75, 3.05) is 19.6 Å². The predicted octanol–water partition coefficient (Wildman–Crippen LogP) is -0.946. The number of nitrogens with two attached hydrogens (primary N) is 1. The smallest absolute Gasteiger partial charge is 0.256 e. The maximum Gasteiger partial charge on any atom is 0.256 e. The summed E-state index contributed by atoms with van der Waals surface area (Å²) in [6.45, 7) is 1.66. The fourth-order valence-corrected chi connectivity index (χ4v) is 2.31. The second-order valence-corrected chi connectivity index (χ2v) is 4.91. The lowest BCUT2D eigenvalue weighted by atomic mass is 10.0. The van der Waals surface area contributed by atoms with E-state index in [9.17, 15) is 14.4 Å². The minimum absolute atomic E-state index is 0.0197. The summed E-state index contributed by atoms with van der Waals surface area (Å²) in [4.78, 5) is 39.0. The van der Waals surface area contributed by atoms with Gasteiger partial charge in [-0.2, -0.15) is 0 Å². The Balaban J connectivity index is 1.87. The quantitative estimate of drug-likeness (QED) is 0.660. The highest BCUT2D eigenvalue weighted by Crippen LogP contribution is 2.10. The van der Waals surface area contributed by atoms with Crippen LogP contribution in [0.25, 0.3) is 0 Å². The van der Waals surface area contributed by atoms with Crippen LogP contribution in [0.3, 0.4) is 0 Å². The molecule has 0 atom stereocenters. The molecule has 1 aliphatic heterocycles. The number of amides is 2. The summed E-state index contributed by atoms with van der Waals surface area (Å²) in [5, 5.41) is 2.85. The molecular formula is C13H18N4O3. The predicted molar refractivity (Wildman–Crippen MR) is 73.2 cm³/mol. The number of aromatic nitrogens is 1. The van der Waals surface area contributed by atoms with Crippen molar-refractivity contribution in [1.82, 2.24) is 15.2 Å². The Hall–Kier alpha value is -2.15. The summed E-state index contributed by atoms with van der Waals surface area (Å²) in [5.74, 6) is -0.705. The molecule has 7 nitrogen and oxygen atoms in total. The van der Waals surface area contributed by atoms with Crippen LogP contribution in [0.1, 0.15) is 23.2 Å². The Bertz CT molecular complexity index is 547. The van der Waals surface area contributed by atoms with Crippen LogP contribution < -0.4 is 16.5 Å². The zero-order chi connectivity index (χ0) is 14.5. The number of piperidine rings is 1. The molecule has 1 saturated heterocycles. The van der Waals surface area contributed by atoms with E-state index in [-0.39, 0.29) is 35.4 Å². The van der Waals surface area contributed by atoms with Crippen molar-refractivity contribution in [3.8, 4) is 0 Å². The minimum atomic E-state index is -0.361. The van der Waals surface area contributed by atoms with Gasteiger partial charge in [-0.25, -0.2) is 0 Å². The van der Waals surface area contributed by atoms with Crippen LogP contribution in [0.5, 0.6) is 0 Å². The lowest BCUT2D eigenvalue weighted by molar-refractivity contribution is -0.119. The lowest BCUT2D eigenvalue weighted by Gasteiger charge is -2.31. The highest BCUT2D eigenvalue weighted by molar-refractivity contribution is 5.93. The summed E-state index contributed by atoms with van der Waals surface area (Å²) < 4.78 is 0. The average Bonchev–Trinajstić information content (AvgIpc) is 2.41. The highest BCUT2D eigenvalue weighted by atomic mass is 16.2. The monoisotopic (exact) mass is 278 g/mol. The normalized spacial score (nSPS) is 16.8. The number of hydrogen-bond donors (Lipinski definition) is 3. The molecular weight excluding hydrogens is 260 g/mol. The van der Waals surface area contributed by atoms with Crippen LogP contribution >= 0.6 is 0 Å². The minimum Gasteiger partial charge on any atom is -0.369 e. The van der Waals surface area contributed by atoms with Crippen molar-refractivity contribution in [3.63, 3.8) is 0 Å². The van der Waals surface area contributed by atoms with E-state index in [1.807, 2.05) is 4.90 Å². The standard InChI is InChI=1S/C13H18N4O3/c14-12(19)8-17-5-2-9(3-6-17)16-13(20)10-7-15-4-1-11(10)18/h1,4,7,9H,2-3,5-6,8H2,(H2,14,19)(H,15,18)(H,16,20). The summed E-state index contributed by atoms with van der Waals surface area (Å²) in [5.41, 5.74) is 4.96. The van der Waals surface area contributed by atoms with Gasteiger partial charge in [0.05, 0.1) is 6.54 Å². The van der Waals surface area contributed by atoms with Gasteiger partial charge in [0, 0.05) is 37.6 Å². The average molecular weight is 278 g/mol. The second-order valence-electron chi connectivity index (χ2n) is 4.91. The number of pyridine rings is 1. The van der Waals surface area contributed by atoms with Crippen LogP contribution in [-0.4, -0.2) is 47.4 Å². The van der Waals surface area contributed by atoms with Gasteiger partial charge in [-0.1, -0.05) is 0 Å². The van der Waals surface area contributed by atoms with Gasteiger partial charge in [0.2, 0.25) is 5.91 Å². The van der Waals surface area contributed by atoms with Crippen molar-refractivity contribution in [2.24, 2.45) is 5.73 Å². The van der Waals surface area contributed by atoms with Crippen LogP contribution in [-0.2, 0) is 4.79 Å². The first-order valence-corrected chi connectivity index (χ1v) is 6.55. The van der Waals surface area contributed by atoms with E-state index >= 15 is 0 Å². The maximum atomic E-state index is 12.0. The number of nitrogens with one attached hydrogen (secondary N) is 2. The molecule has 0 saturated carbocycles. The molecule has 0 radical (unpaired) electrons. The van der Waals surface area contributed by atoms with Crippen molar-refractivity contribution in [3.05, 3.63) is 34.2 Å². The van der Waals surface area contributed by atoms with E-state index in [1.165, 1.54) is 18.5 Å². The van der Waals surface area contributed by atoms with E-state index in [4.69, 9.17) is 5.73 Å². The van der Waals surface area contributed by atoms with E-state index in [2.05, 4.69) is 10.3 Å². The number of rotatable bonds is 4. The molecule has 0 spiro atoms. The number of carbonyl (C=O) groups is 2. The second kappa shape index (κ2) is 6.33. The third-order valence-electron chi connectivity index (χ3n) is 3.37. The molecule has 1 aromatic heterocycles. The Labute approximate surface area is 116 Å². The summed E-state index contributed by atoms with van der Waals surface area (Å²) in [6, 6.07) is 1.34. The Morgan fingerprint density at radius 3 is 2.70 bits per heavy atom. The van der Waals surface area contributed by atoms with Gasteiger partial charge in [0.1, 0.15) is 5.56 Å². The van der Waals surface area contributed by atoms with Crippen molar-refractivity contribution >= 4 is 11.8 Å². The van der Waals surface area contributed by atoms with Gasteiger partial charge in [-0.05, 0) is 12.8 Å². The summed E-state index contributed by atoms with van der Waals surface area (Å²) in [7, 11) is 0. The van der Waals surface area contributed by atoms with Gasteiger partial charge < -0.3 is 16.0 Å². The highest BCUT2D eigenvalue weighted by Gasteiger charge is 2.22. The number of carbonyl (C=O) groups excluding carboxylic acids is 2. The SMILES string of the molecule is NC(=O)CN1CCC(NC(=O)c2c[nH]ccc2=O)CC1. The van der Waals surface area contributed by atoms with Crippen LogP contribution in [0.2, 0.25) is 0 Å². The van der Waals surface area contributed by atoms with Gasteiger partial charge in [0.25, 0.3) is 5.91 Å². The molecule has 1 aromatic rings. The molecule has 4 N–H and O–H groups in total. The van der Waals surface area contributed by atoms with Crippen molar-refractivity contribution in [1.29, 1.82) is 0 Å². The molecule has 0 aromatic carbocycles. The van der Waals surface area contributed by atoms with E-state index in [1.54, 1.807) is 0 Å². The largest absolute Gasteiger partial charge is 0.369 e. The van der Waals surface area contributed by atoms with Gasteiger partial charge in [-0.3, -0.25) is 19.3 Å². The lowest BCUT2D eigenvalue weighted by Crippen LogP contribution is -2.47. The molecule has 0 bridgehead atoms. The molecule has 20 heavy (non-hydrogen) atoms. The van der Waals surface area contributed by atoms with Gasteiger partial charge in [-0.15, -0.1) is 0 Å². The van der Waals surface area contributed by atoms with E-state index in [0.717, 1.165) is 12.8 Å². The summed E-state index contributed by atoms with van der Waals surface area (Å²) in [6.07, 6.45) is 4.37. The molecule has 1 aliphatic rings. The topological polar surface area (TPSA) is 108 Å². The third kappa shape index (κ3) is 3.67. The van der Waals surface area contributed by atoms with Gasteiger partial charge >= 0.3 is 0 Å². The molecule has 0 aliphatic carbocycles. The third-order valence-corrected chi connectivity index (χ3v) is 3.37. The summed E-state index contributed by atoms with van der Waals surface area (Å²) >= 11 is 0. The molecule has 7 heteroatoms. The van der Waals surface area contributed by atoms with Crippen LogP contribution in [0.15, 0.2) is 23.3 Å². The Morgan fingerprint density at radius 2 is 2.10 bits per heavy atom. The number of likely N-dealkylation sites (tertiary alicyclic amines) is 1. The van der Waals surface area contributed by atoms with E-state index in [0.29, 0.717) is 13.1 Å². The number of primary amides is 1.